The highest BCUT2D eigenvalue weighted by Gasteiger charge is 2.01. The second kappa shape index (κ2) is 7.71. The summed E-state index contributed by atoms with van der Waals surface area (Å²) in [6, 6.07) is 7.87. The zero-order chi connectivity index (χ0) is 12.5. The van der Waals surface area contributed by atoms with Crippen LogP contribution in [0.15, 0.2) is 24.3 Å². The molecule has 1 aromatic carbocycles. The predicted molar refractivity (Wildman–Crippen MR) is 67.2 cm³/mol. The zero-order valence-electron chi connectivity index (χ0n) is 10.6. The van der Waals surface area contributed by atoms with E-state index in [0.717, 1.165) is 30.8 Å². The first kappa shape index (κ1) is 13.6. The third-order valence-electron chi connectivity index (χ3n) is 2.54. The Balaban J connectivity index is 2.36. The summed E-state index contributed by atoms with van der Waals surface area (Å²) in [6.45, 7) is 2.90. The van der Waals surface area contributed by atoms with E-state index >= 15 is 0 Å². The largest absolute Gasteiger partial charge is 0.494 e. The maximum Gasteiger partial charge on any atom is 0.305 e. The summed E-state index contributed by atoms with van der Waals surface area (Å²) in [6.07, 6.45) is 3.34. The van der Waals surface area contributed by atoms with E-state index in [2.05, 4.69) is 11.7 Å². The van der Waals surface area contributed by atoms with Gasteiger partial charge in [0.2, 0.25) is 0 Å². The van der Waals surface area contributed by atoms with Crippen LogP contribution in [-0.2, 0) is 16.0 Å². The molecular formula is C14H20O3. The number of methoxy groups -OCH3 is 1. The van der Waals surface area contributed by atoms with Crippen LogP contribution in [0.25, 0.3) is 0 Å². The van der Waals surface area contributed by atoms with E-state index in [1.54, 1.807) is 0 Å². The number of hydrogen-bond acceptors (Lipinski definition) is 3. The van der Waals surface area contributed by atoms with Crippen LogP contribution in [0.4, 0.5) is 0 Å². The molecule has 0 aromatic heterocycles. The first-order valence-electron chi connectivity index (χ1n) is 6.04. The maximum absolute atomic E-state index is 11.0. The molecule has 0 aliphatic rings. The molecule has 0 atom stereocenters. The molecule has 0 bridgehead atoms. The van der Waals surface area contributed by atoms with Crippen LogP contribution in [0, 0.1) is 0 Å². The van der Waals surface area contributed by atoms with Crippen LogP contribution < -0.4 is 4.74 Å². The van der Waals surface area contributed by atoms with Gasteiger partial charge in [-0.2, -0.15) is 0 Å². The average molecular weight is 236 g/mol. The fraction of sp³-hybridized carbons (Fsp3) is 0.500. The first-order valence-corrected chi connectivity index (χ1v) is 6.04. The van der Waals surface area contributed by atoms with E-state index in [-0.39, 0.29) is 5.97 Å². The van der Waals surface area contributed by atoms with Crippen LogP contribution in [0.1, 0.15) is 31.7 Å². The molecule has 0 saturated carbocycles. The van der Waals surface area contributed by atoms with Gasteiger partial charge in [0, 0.05) is 6.42 Å². The molecule has 1 rings (SSSR count). The summed E-state index contributed by atoms with van der Waals surface area (Å²) >= 11 is 0. The topological polar surface area (TPSA) is 35.5 Å². The van der Waals surface area contributed by atoms with Crippen molar-refractivity contribution in [2.45, 2.75) is 32.6 Å². The molecule has 0 unspecified atom stereocenters. The van der Waals surface area contributed by atoms with Crippen molar-refractivity contribution in [1.29, 1.82) is 0 Å². The number of rotatable bonds is 7. The summed E-state index contributed by atoms with van der Waals surface area (Å²) in [7, 11) is 1.41. The van der Waals surface area contributed by atoms with Crippen LogP contribution in [0.5, 0.6) is 5.75 Å². The molecule has 94 valence electrons. The van der Waals surface area contributed by atoms with Gasteiger partial charge in [0.05, 0.1) is 13.7 Å². The highest BCUT2D eigenvalue weighted by molar-refractivity contribution is 5.69. The van der Waals surface area contributed by atoms with Gasteiger partial charge < -0.3 is 9.47 Å². The van der Waals surface area contributed by atoms with Crippen molar-refractivity contribution < 1.29 is 14.3 Å². The Bertz CT molecular complexity index is 330. The van der Waals surface area contributed by atoms with E-state index in [0.29, 0.717) is 12.8 Å². The van der Waals surface area contributed by atoms with Crippen LogP contribution >= 0.6 is 0 Å². The second-order valence-corrected chi connectivity index (χ2v) is 3.92. The van der Waals surface area contributed by atoms with Gasteiger partial charge in [0.1, 0.15) is 5.75 Å². The number of aryl methyl sites for hydroxylation is 1. The summed E-state index contributed by atoms with van der Waals surface area (Å²) in [5.41, 5.74) is 1.12. The zero-order valence-corrected chi connectivity index (χ0v) is 10.6. The smallest absolute Gasteiger partial charge is 0.305 e. The lowest BCUT2D eigenvalue weighted by atomic mass is 10.1. The highest BCUT2D eigenvalue weighted by atomic mass is 16.5. The Morgan fingerprint density at radius 1 is 1.24 bits per heavy atom. The van der Waals surface area contributed by atoms with E-state index in [4.69, 9.17) is 4.74 Å². The number of carbonyl (C=O) groups excluding carboxylic acids is 1. The molecular weight excluding hydrogens is 216 g/mol. The predicted octanol–water partition coefficient (Wildman–Crippen LogP) is 2.97. The molecule has 3 nitrogen and oxygen atoms in total. The molecule has 0 aliphatic heterocycles. The summed E-state index contributed by atoms with van der Waals surface area (Å²) in [4.78, 5) is 11.0. The van der Waals surface area contributed by atoms with Crippen molar-refractivity contribution in [2.75, 3.05) is 13.7 Å². The third kappa shape index (κ3) is 5.38. The molecule has 0 radical (unpaired) electrons. The molecule has 0 N–H and O–H groups in total. The molecule has 0 amide bonds. The minimum atomic E-state index is -0.173. The summed E-state index contributed by atoms with van der Waals surface area (Å²) in [5, 5.41) is 0. The quantitative estimate of drug-likeness (QED) is 0.539. The Morgan fingerprint density at radius 3 is 2.53 bits per heavy atom. The molecule has 0 saturated heterocycles. The monoisotopic (exact) mass is 236 g/mol. The number of unbranched alkanes of at least 4 members (excludes halogenated alkanes) is 1. The van der Waals surface area contributed by atoms with Gasteiger partial charge in [-0.05, 0) is 30.5 Å². The fourth-order valence-electron chi connectivity index (χ4n) is 1.44. The van der Waals surface area contributed by atoms with E-state index < -0.39 is 0 Å². The molecule has 0 fully saturated rings. The van der Waals surface area contributed by atoms with Crippen molar-refractivity contribution in [3.8, 4) is 5.75 Å². The lowest BCUT2D eigenvalue weighted by Crippen LogP contribution is -2.02. The van der Waals surface area contributed by atoms with Gasteiger partial charge in [0.15, 0.2) is 0 Å². The van der Waals surface area contributed by atoms with E-state index in [1.165, 1.54) is 7.11 Å². The van der Waals surface area contributed by atoms with Crippen molar-refractivity contribution in [3.05, 3.63) is 29.8 Å². The molecule has 3 heteroatoms. The minimum Gasteiger partial charge on any atom is -0.494 e. The molecule has 0 spiro atoms. The van der Waals surface area contributed by atoms with Crippen molar-refractivity contribution in [2.24, 2.45) is 0 Å². The van der Waals surface area contributed by atoms with Crippen molar-refractivity contribution >= 4 is 5.97 Å². The van der Waals surface area contributed by atoms with Crippen molar-refractivity contribution in [3.63, 3.8) is 0 Å². The molecule has 17 heavy (non-hydrogen) atoms. The standard InChI is InChI=1S/C14H20O3/c1-3-4-11-17-13-8-5-12(6-9-13)7-10-14(15)16-2/h5-6,8-9H,3-4,7,10-11H2,1-2H3. The molecule has 1 aromatic rings. The SMILES string of the molecule is CCCCOc1ccc(CCC(=O)OC)cc1. The number of ether oxygens (including phenoxy) is 2. The Labute approximate surface area is 103 Å². The fourth-order valence-corrected chi connectivity index (χ4v) is 1.44. The van der Waals surface area contributed by atoms with E-state index in [9.17, 15) is 4.79 Å². The van der Waals surface area contributed by atoms with Crippen LogP contribution in [0.2, 0.25) is 0 Å². The Morgan fingerprint density at radius 2 is 1.94 bits per heavy atom. The van der Waals surface area contributed by atoms with Gasteiger partial charge >= 0.3 is 5.97 Å². The minimum absolute atomic E-state index is 0.173. The highest BCUT2D eigenvalue weighted by Crippen LogP contribution is 2.14. The molecule has 0 heterocycles. The van der Waals surface area contributed by atoms with Gasteiger partial charge in [-0.15, -0.1) is 0 Å². The number of hydrogen-bond donors (Lipinski definition) is 0. The Hall–Kier alpha value is -1.51. The van der Waals surface area contributed by atoms with Crippen LogP contribution in [-0.4, -0.2) is 19.7 Å². The van der Waals surface area contributed by atoms with E-state index in [1.807, 2.05) is 24.3 Å². The van der Waals surface area contributed by atoms with Gasteiger partial charge in [-0.1, -0.05) is 25.5 Å². The lowest BCUT2D eigenvalue weighted by Gasteiger charge is -2.06. The number of esters is 1. The first-order chi connectivity index (χ1) is 8.26. The number of carbonyl (C=O) groups is 1. The van der Waals surface area contributed by atoms with Crippen LogP contribution in [0.3, 0.4) is 0 Å². The third-order valence-corrected chi connectivity index (χ3v) is 2.54. The lowest BCUT2D eigenvalue weighted by molar-refractivity contribution is -0.140. The summed E-state index contributed by atoms with van der Waals surface area (Å²) in [5.74, 6) is 0.716. The van der Waals surface area contributed by atoms with Gasteiger partial charge in [0.25, 0.3) is 0 Å². The second-order valence-electron chi connectivity index (χ2n) is 3.92. The normalized spacial score (nSPS) is 10.0. The van der Waals surface area contributed by atoms with Gasteiger partial charge in [-0.3, -0.25) is 4.79 Å². The summed E-state index contributed by atoms with van der Waals surface area (Å²) < 4.78 is 10.2. The van der Waals surface area contributed by atoms with Gasteiger partial charge in [-0.25, -0.2) is 0 Å². The molecule has 0 aliphatic carbocycles. The average Bonchev–Trinajstić information content (AvgIpc) is 2.37. The number of benzene rings is 1. The van der Waals surface area contributed by atoms with Crippen molar-refractivity contribution in [1.82, 2.24) is 0 Å². The maximum atomic E-state index is 11.0. The Kier molecular flexibility index (Phi) is 6.15.